The van der Waals surface area contributed by atoms with E-state index >= 15 is 0 Å². The molecule has 0 unspecified atom stereocenters. The molecule has 2 aromatic rings. The number of aromatic nitrogens is 2. The summed E-state index contributed by atoms with van der Waals surface area (Å²) >= 11 is 0. The Kier molecular flexibility index (Phi) is 6.10. The lowest BCUT2D eigenvalue weighted by atomic mass is 9.95. The van der Waals surface area contributed by atoms with Crippen molar-refractivity contribution < 1.29 is 28.2 Å². The highest BCUT2D eigenvalue weighted by molar-refractivity contribution is 5.86. The predicted molar refractivity (Wildman–Crippen MR) is 111 cm³/mol. The molecule has 170 valence electrons. The third kappa shape index (κ3) is 4.71. The normalized spacial score (nSPS) is 16.1. The average Bonchev–Trinajstić information content (AvgIpc) is 2.98. The Morgan fingerprint density at radius 3 is 2.32 bits per heavy atom. The van der Waals surface area contributed by atoms with Crippen molar-refractivity contribution in [2.45, 2.75) is 64.8 Å². The molecule has 1 saturated heterocycles. The van der Waals surface area contributed by atoms with Crippen LogP contribution >= 0.6 is 0 Å². The molecule has 6 nitrogen and oxygen atoms in total. The second-order valence-electron chi connectivity index (χ2n) is 9.04. The molecule has 3 rings (SSSR count). The average molecular weight is 439 g/mol. The fraction of sp³-hybridized carbons (Fsp3) is 0.545. The van der Waals surface area contributed by atoms with E-state index in [2.05, 4.69) is 4.98 Å². The van der Waals surface area contributed by atoms with E-state index in [1.807, 2.05) is 20.8 Å². The van der Waals surface area contributed by atoms with Gasteiger partial charge in [0, 0.05) is 36.4 Å². The van der Waals surface area contributed by atoms with Gasteiger partial charge in [-0.15, -0.1) is 0 Å². The summed E-state index contributed by atoms with van der Waals surface area (Å²) in [5.41, 5.74) is -0.977. The van der Waals surface area contributed by atoms with E-state index in [1.165, 1.54) is 12.1 Å². The third-order valence-corrected chi connectivity index (χ3v) is 5.64. The summed E-state index contributed by atoms with van der Waals surface area (Å²) in [4.78, 5) is 17.5. The number of halogens is 3. The number of imidazole rings is 1. The molecule has 0 saturated carbocycles. The fourth-order valence-corrected chi connectivity index (χ4v) is 4.09. The molecule has 0 bridgehead atoms. The van der Waals surface area contributed by atoms with Gasteiger partial charge in [0.1, 0.15) is 5.82 Å². The van der Waals surface area contributed by atoms with Gasteiger partial charge in [-0.05, 0) is 31.4 Å². The quantitative estimate of drug-likeness (QED) is 0.746. The van der Waals surface area contributed by atoms with Crippen LogP contribution in [0.3, 0.4) is 0 Å². The first-order chi connectivity index (χ1) is 14.3. The summed E-state index contributed by atoms with van der Waals surface area (Å²) in [7, 11) is 0. The van der Waals surface area contributed by atoms with Crippen LogP contribution < -0.4 is 4.90 Å². The fourth-order valence-electron chi connectivity index (χ4n) is 4.09. The molecule has 9 heteroatoms. The number of hydrogen-bond acceptors (Lipinski definition) is 4. The van der Waals surface area contributed by atoms with Crippen molar-refractivity contribution in [2.24, 2.45) is 0 Å². The van der Waals surface area contributed by atoms with Gasteiger partial charge in [0.25, 0.3) is 0 Å². The van der Waals surface area contributed by atoms with Gasteiger partial charge in [-0.3, -0.25) is 0 Å². The summed E-state index contributed by atoms with van der Waals surface area (Å²) in [5.74, 6) is -0.791. The molecule has 2 N–H and O–H groups in total. The molecular formula is C22H28F3N3O3. The minimum atomic E-state index is -4.59. The summed E-state index contributed by atoms with van der Waals surface area (Å²) in [6.07, 6.45) is -4.25. The molecule has 1 fully saturated rings. The van der Waals surface area contributed by atoms with E-state index in [4.69, 9.17) is 0 Å². The van der Waals surface area contributed by atoms with Crippen LogP contribution in [0.2, 0.25) is 0 Å². The molecule has 31 heavy (non-hydrogen) atoms. The largest absolute Gasteiger partial charge is 0.476 e. The number of carbonyl (C=O) groups is 1. The van der Waals surface area contributed by atoms with E-state index in [-0.39, 0.29) is 23.5 Å². The third-order valence-electron chi connectivity index (χ3n) is 5.64. The van der Waals surface area contributed by atoms with E-state index in [0.29, 0.717) is 37.4 Å². The van der Waals surface area contributed by atoms with E-state index < -0.39 is 29.2 Å². The Balaban J connectivity index is 2.13. The highest BCUT2D eigenvalue weighted by Crippen LogP contribution is 2.41. The van der Waals surface area contributed by atoms with E-state index in [9.17, 15) is 28.2 Å². The van der Waals surface area contributed by atoms with Crippen LogP contribution in [-0.4, -0.2) is 44.9 Å². The van der Waals surface area contributed by atoms with Crippen LogP contribution in [0.25, 0.3) is 0 Å². The van der Waals surface area contributed by atoms with E-state index in [0.717, 1.165) is 0 Å². The molecule has 0 atom stereocenters. The van der Waals surface area contributed by atoms with Crippen molar-refractivity contribution in [3.8, 4) is 0 Å². The Bertz CT molecular complexity index is 969. The number of hydrogen-bond donors (Lipinski definition) is 2. The van der Waals surface area contributed by atoms with Gasteiger partial charge < -0.3 is 19.7 Å². The van der Waals surface area contributed by atoms with Crippen LogP contribution in [-0.2, 0) is 18.1 Å². The Labute approximate surface area is 179 Å². The van der Waals surface area contributed by atoms with Gasteiger partial charge in [-0.2, -0.15) is 13.2 Å². The smallest absolute Gasteiger partial charge is 0.418 e. The first-order valence-corrected chi connectivity index (χ1v) is 10.2. The van der Waals surface area contributed by atoms with Crippen molar-refractivity contribution in [3.05, 3.63) is 46.5 Å². The van der Waals surface area contributed by atoms with Crippen molar-refractivity contribution in [1.29, 1.82) is 0 Å². The number of aliphatic hydroxyl groups excluding tert-OH is 1. The number of carboxylic acid groups (broad SMARTS) is 1. The summed E-state index contributed by atoms with van der Waals surface area (Å²) in [5, 5.41) is 19.2. The van der Waals surface area contributed by atoms with Crippen molar-refractivity contribution in [1.82, 2.24) is 9.55 Å². The number of aromatic carboxylic acids is 1. The van der Waals surface area contributed by atoms with Gasteiger partial charge in [0.05, 0.1) is 11.7 Å². The van der Waals surface area contributed by atoms with Crippen LogP contribution in [0.1, 0.15) is 66.7 Å². The monoisotopic (exact) mass is 439 g/mol. The maximum atomic E-state index is 14.2. The molecule has 1 aromatic heterocycles. The minimum Gasteiger partial charge on any atom is -0.476 e. The molecule has 1 aliphatic heterocycles. The first kappa shape index (κ1) is 23.1. The highest BCUT2D eigenvalue weighted by atomic mass is 19.4. The SMILES string of the molecule is Cc1c(C(=O)O)nc(C(C)(C)C)n1Cc1cccc(N2CCC(O)CC2)c1C(F)(F)F. The molecular weight excluding hydrogens is 411 g/mol. The summed E-state index contributed by atoms with van der Waals surface area (Å²) in [6.45, 7) is 7.64. The Morgan fingerprint density at radius 2 is 1.81 bits per heavy atom. The zero-order chi connectivity index (χ0) is 23.1. The molecule has 0 aliphatic carbocycles. The van der Waals surface area contributed by atoms with Gasteiger partial charge in [0.2, 0.25) is 0 Å². The number of carboxylic acids is 1. The van der Waals surface area contributed by atoms with Gasteiger partial charge >= 0.3 is 12.1 Å². The molecule has 0 radical (unpaired) electrons. The zero-order valence-electron chi connectivity index (χ0n) is 18.1. The predicted octanol–water partition coefficient (Wildman–Crippen LogP) is 4.22. The number of anilines is 1. The standard InChI is InChI=1S/C22H28F3N3O3/c1-13-18(19(30)31)26-20(21(2,3)4)28(13)12-14-6-5-7-16(17(14)22(23,24)25)27-10-8-15(29)9-11-27/h5-7,15,29H,8-12H2,1-4H3,(H,30,31). The molecule has 0 spiro atoms. The second-order valence-corrected chi connectivity index (χ2v) is 9.04. The van der Waals surface area contributed by atoms with Gasteiger partial charge in [0.15, 0.2) is 5.69 Å². The lowest BCUT2D eigenvalue weighted by Crippen LogP contribution is -2.37. The van der Waals surface area contributed by atoms with Crippen molar-refractivity contribution in [3.63, 3.8) is 0 Å². The van der Waals surface area contributed by atoms with Gasteiger partial charge in [-0.25, -0.2) is 9.78 Å². The number of benzene rings is 1. The Hall–Kier alpha value is -2.55. The molecule has 0 amide bonds. The van der Waals surface area contributed by atoms with E-state index in [1.54, 1.807) is 22.5 Å². The summed E-state index contributed by atoms with van der Waals surface area (Å²) < 4.78 is 44.2. The van der Waals surface area contributed by atoms with Crippen LogP contribution in [0, 0.1) is 6.92 Å². The zero-order valence-corrected chi connectivity index (χ0v) is 18.1. The number of aliphatic hydroxyl groups is 1. The number of alkyl halides is 3. The lowest BCUT2D eigenvalue weighted by Gasteiger charge is -2.34. The lowest BCUT2D eigenvalue weighted by molar-refractivity contribution is -0.137. The molecule has 1 aromatic carbocycles. The topological polar surface area (TPSA) is 78.6 Å². The number of piperidine rings is 1. The maximum absolute atomic E-state index is 14.2. The molecule has 2 heterocycles. The summed E-state index contributed by atoms with van der Waals surface area (Å²) in [6, 6.07) is 4.47. The van der Waals surface area contributed by atoms with Crippen LogP contribution in [0.4, 0.5) is 18.9 Å². The Morgan fingerprint density at radius 1 is 1.19 bits per heavy atom. The highest BCUT2D eigenvalue weighted by Gasteiger charge is 2.39. The number of nitrogens with zero attached hydrogens (tertiary/aromatic N) is 3. The molecule has 1 aliphatic rings. The van der Waals surface area contributed by atoms with Crippen molar-refractivity contribution >= 4 is 11.7 Å². The van der Waals surface area contributed by atoms with Crippen molar-refractivity contribution in [2.75, 3.05) is 18.0 Å². The van der Waals surface area contributed by atoms with Crippen LogP contribution in [0.5, 0.6) is 0 Å². The number of rotatable bonds is 4. The maximum Gasteiger partial charge on any atom is 0.418 e. The first-order valence-electron chi connectivity index (χ1n) is 10.2. The van der Waals surface area contributed by atoms with Gasteiger partial charge in [-0.1, -0.05) is 32.9 Å². The second kappa shape index (κ2) is 8.18. The minimum absolute atomic E-state index is 0.0547. The van der Waals surface area contributed by atoms with Crippen LogP contribution in [0.15, 0.2) is 18.2 Å².